The quantitative estimate of drug-likeness (QED) is 0.303. The maximum Gasteiger partial charge on any atom is 0.402 e. The number of furan rings is 1. The fourth-order valence-electron chi connectivity index (χ4n) is 2.11. The summed E-state index contributed by atoms with van der Waals surface area (Å²) in [6, 6.07) is 8.49. The summed E-state index contributed by atoms with van der Waals surface area (Å²) >= 11 is 0. The molecule has 1 aliphatic heterocycles. The number of amides is 3. The second-order valence-corrected chi connectivity index (χ2v) is 4.75. The van der Waals surface area contributed by atoms with Gasteiger partial charge in [-0.2, -0.15) is 0 Å². The van der Waals surface area contributed by atoms with Crippen LogP contribution >= 0.6 is 0 Å². The Morgan fingerprint density at radius 3 is 2.43 bits per heavy atom. The van der Waals surface area contributed by atoms with Gasteiger partial charge in [0, 0.05) is 17.7 Å². The van der Waals surface area contributed by atoms with E-state index in [1.54, 1.807) is 24.3 Å². The summed E-state index contributed by atoms with van der Waals surface area (Å²) in [4.78, 5) is 32.9. The number of hydrazine groups is 1. The number of urea groups is 1. The van der Waals surface area contributed by atoms with Gasteiger partial charge in [0.15, 0.2) is 13.3 Å². The van der Waals surface area contributed by atoms with Crippen LogP contribution in [-0.4, -0.2) is 39.8 Å². The fourth-order valence-corrected chi connectivity index (χ4v) is 2.11. The molecule has 0 atom stereocenters. The Morgan fingerprint density at radius 1 is 1.17 bits per heavy atom. The Labute approximate surface area is 129 Å². The van der Waals surface area contributed by atoms with E-state index in [1.165, 1.54) is 16.8 Å². The molecule has 3 rings (SSSR count). The number of nitro groups is 1. The molecule has 0 aliphatic carbocycles. The summed E-state index contributed by atoms with van der Waals surface area (Å²) in [5.74, 6) is 0.281. The molecule has 0 bridgehead atoms. The minimum Gasteiger partial charge on any atom is -0.403 e. The van der Waals surface area contributed by atoms with E-state index in [0.717, 1.165) is 5.01 Å². The number of hydrogen-bond donors (Lipinski definition) is 1. The van der Waals surface area contributed by atoms with E-state index in [2.05, 4.69) is 12.0 Å². The first-order chi connectivity index (χ1) is 11.0. The Kier molecular flexibility index (Phi) is 3.37. The first kappa shape index (κ1) is 14.4. The average Bonchev–Trinajstić information content (AvgIpc) is 3.13. The molecule has 9 heteroatoms. The highest BCUT2D eigenvalue weighted by Gasteiger charge is 2.36. The highest BCUT2D eigenvalue weighted by Crippen LogP contribution is 2.28. The first-order valence-corrected chi connectivity index (χ1v) is 6.52. The van der Waals surface area contributed by atoms with E-state index in [1.807, 2.05) is 0 Å². The predicted octanol–water partition coefficient (Wildman–Crippen LogP) is 1.67. The van der Waals surface area contributed by atoms with Crippen molar-refractivity contribution in [2.45, 2.75) is 0 Å². The molecule has 23 heavy (non-hydrogen) atoms. The van der Waals surface area contributed by atoms with Gasteiger partial charge in [-0.05, 0) is 22.9 Å². The molecule has 1 saturated heterocycles. The van der Waals surface area contributed by atoms with Gasteiger partial charge in [0.05, 0.1) is 11.0 Å². The number of nitrogens with one attached hydrogen (secondary N) is 1. The van der Waals surface area contributed by atoms with E-state index in [-0.39, 0.29) is 18.1 Å². The maximum absolute atomic E-state index is 11.6. The highest BCUT2D eigenvalue weighted by molar-refractivity contribution is 6.01. The normalized spacial score (nSPS) is 14.0. The maximum atomic E-state index is 11.6. The Hall–Kier alpha value is -3.49. The van der Waals surface area contributed by atoms with Gasteiger partial charge in [-0.1, -0.05) is 5.01 Å². The first-order valence-electron chi connectivity index (χ1n) is 6.52. The lowest BCUT2D eigenvalue weighted by Gasteiger charge is -2.05. The van der Waals surface area contributed by atoms with Gasteiger partial charge in [0.25, 0.3) is 11.6 Å². The molecule has 2 heterocycles. The van der Waals surface area contributed by atoms with E-state index in [9.17, 15) is 19.7 Å². The van der Waals surface area contributed by atoms with Crippen molar-refractivity contribution >= 4 is 30.2 Å². The number of hydrazone groups is 1. The molecule has 0 saturated carbocycles. The molecule has 116 valence electrons. The molecule has 0 radical (unpaired) electrons. The number of carbonyl (C=O) groups is 2. The van der Waals surface area contributed by atoms with Crippen LogP contribution in [0.25, 0.3) is 11.3 Å². The molecule has 0 unspecified atom stereocenters. The number of benzene rings is 1. The third-order valence-electron chi connectivity index (χ3n) is 3.27. The molecule has 1 aromatic heterocycles. The Balaban J connectivity index is 1.83. The lowest BCUT2D eigenvalue weighted by molar-refractivity contribution is -0.597. The van der Waals surface area contributed by atoms with Crippen LogP contribution in [0.4, 0.5) is 16.4 Å². The standard InChI is InChI=1S/C14H10N4O5/c1-16(17-8-12(19)15-14(17)20)13-7-6-11(23-13)9-2-4-10(5-3-9)18(21)22/h2-7H,1,8H2/p+1. The fraction of sp³-hybridized carbons (Fsp3) is 0.0714. The number of imide groups is 1. The second kappa shape index (κ2) is 5.37. The number of carbonyl (C=O) groups excluding carboxylic acids is 2. The highest BCUT2D eigenvalue weighted by atomic mass is 16.6. The van der Waals surface area contributed by atoms with Crippen LogP contribution in [0.15, 0.2) is 40.8 Å². The lowest BCUT2D eigenvalue weighted by atomic mass is 10.1. The number of rotatable bonds is 4. The summed E-state index contributed by atoms with van der Waals surface area (Å²) < 4.78 is 6.76. The average molecular weight is 315 g/mol. The SMILES string of the molecule is C=[N+](c1ccc(-c2ccc([N+](=O)[O-])cc2)o1)N1CC(=O)NC1=O. The molecule has 9 nitrogen and oxygen atoms in total. The summed E-state index contributed by atoms with van der Waals surface area (Å²) in [7, 11) is 0. The summed E-state index contributed by atoms with van der Waals surface area (Å²) in [6.07, 6.45) is 0. The summed E-state index contributed by atoms with van der Waals surface area (Å²) in [6.45, 7) is 3.54. The van der Waals surface area contributed by atoms with Gasteiger partial charge in [0.1, 0.15) is 5.76 Å². The topological polar surface area (TPSA) is 109 Å². The molecular formula is C14H11N4O5+. The number of hydrogen-bond acceptors (Lipinski definition) is 5. The molecule has 1 N–H and O–H groups in total. The predicted molar refractivity (Wildman–Crippen MR) is 78.1 cm³/mol. The van der Waals surface area contributed by atoms with Gasteiger partial charge in [0.2, 0.25) is 0 Å². The van der Waals surface area contributed by atoms with Gasteiger partial charge in [-0.15, -0.1) is 0 Å². The minimum atomic E-state index is -0.585. The molecule has 0 spiro atoms. The van der Waals surface area contributed by atoms with Crippen molar-refractivity contribution in [1.29, 1.82) is 0 Å². The van der Waals surface area contributed by atoms with Crippen LogP contribution in [-0.2, 0) is 4.79 Å². The largest absolute Gasteiger partial charge is 0.403 e. The van der Waals surface area contributed by atoms with Crippen LogP contribution in [0.5, 0.6) is 0 Å². The zero-order valence-corrected chi connectivity index (χ0v) is 11.8. The van der Waals surface area contributed by atoms with Crippen molar-refractivity contribution in [3.63, 3.8) is 0 Å². The van der Waals surface area contributed by atoms with Crippen molar-refractivity contribution in [2.75, 3.05) is 6.54 Å². The second-order valence-electron chi connectivity index (χ2n) is 4.75. The third-order valence-corrected chi connectivity index (χ3v) is 3.27. The van der Waals surface area contributed by atoms with Crippen molar-refractivity contribution in [2.24, 2.45) is 0 Å². The zero-order chi connectivity index (χ0) is 16.6. The van der Waals surface area contributed by atoms with Crippen molar-refractivity contribution in [3.05, 3.63) is 46.5 Å². The Morgan fingerprint density at radius 2 is 1.87 bits per heavy atom. The van der Waals surface area contributed by atoms with Crippen molar-refractivity contribution in [3.8, 4) is 11.3 Å². The van der Waals surface area contributed by atoms with Gasteiger partial charge in [-0.3, -0.25) is 20.2 Å². The summed E-state index contributed by atoms with van der Waals surface area (Å²) in [5.41, 5.74) is 0.615. The molecule has 1 aromatic carbocycles. The smallest absolute Gasteiger partial charge is 0.402 e. The van der Waals surface area contributed by atoms with Gasteiger partial charge < -0.3 is 4.42 Å². The van der Waals surface area contributed by atoms with Crippen LogP contribution in [0, 0.1) is 10.1 Å². The van der Waals surface area contributed by atoms with Crippen LogP contribution in [0.2, 0.25) is 0 Å². The lowest BCUT2D eigenvalue weighted by Crippen LogP contribution is -2.34. The van der Waals surface area contributed by atoms with E-state index >= 15 is 0 Å². The van der Waals surface area contributed by atoms with Crippen molar-refractivity contribution in [1.82, 2.24) is 10.3 Å². The van der Waals surface area contributed by atoms with Crippen LogP contribution in [0.3, 0.4) is 0 Å². The van der Waals surface area contributed by atoms with Gasteiger partial charge >= 0.3 is 11.9 Å². The van der Waals surface area contributed by atoms with Crippen LogP contribution in [0.1, 0.15) is 0 Å². The van der Waals surface area contributed by atoms with E-state index < -0.39 is 16.9 Å². The Bertz CT molecular complexity index is 824. The molecule has 2 aromatic rings. The van der Waals surface area contributed by atoms with Gasteiger partial charge in [-0.25, -0.2) is 4.79 Å². The molecular weight excluding hydrogens is 304 g/mol. The van der Waals surface area contributed by atoms with E-state index in [4.69, 9.17) is 4.42 Å². The molecule has 1 fully saturated rings. The van der Waals surface area contributed by atoms with Crippen LogP contribution < -0.4 is 5.32 Å². The zero-order valence-electron chi connectivity index (χ0n) is 11.8. The third kappa shape index (κ3) is 2.67. The van der Waals surface area contributed by atoms with Crippen molar-refractivity contribution < 1.29 is 23.6 Å². The molecule has 1 aliphatic rings. The van der Waals surface area contributed by atoms with E-state index in [0.29, 0.717) is 11.3 Å². The number of non-ortho nitro benzene ring substituents is 1. The number of nitro benzene ring substituents is 1. The summed E-state index contributed by atoms with van der Waals surface area (Å²) in [5, 5.41) is 13.9. The minimum absolute atomic E-state index is 0.0217. The molecule has 3 amide bonds. The monoisotopic (exact) mass is 315 g/mol. The number of nitrogens with zero attached hydrogens (tertiary/aromatic N) is 3.